The van der Waals surface area contributed by atoms with E-state index in [1.165, 1.54) is 0 Å². The van der Waals surface area contributed by atoms with E-state index in [0.717, 1.165) is 12.1 Å². The van der Waals surface area contributed by atoms with E-state index in [1.807, 2.05) is 19.1 Å². The Bertz CT molecular complexity index is 401. The fourth-order valence-corrected chi connectivity index (χ4v) is 1.78. The summed E-state index contributed by atoms with van der Waals surface area (Å²) in [5.41, 5.74) is 1.56. The van der Waals surface area contributed by atoms with Gasteiger partial charge in [0.15, 0.2) is 0 Å². The second-order valence-electron chi connectivity index (χ2n) is 5.16. The van der Waals surface area contributed by atoms with E-state index < -0.39 is 0 Å². The summed E-state index contributed by atoms with van der Waals surface area (Å²) in [4.78, 5) is 11.7. The zero-order valence-corrected chi connectivity index (χ0v) is 12.8. The quantitative estimate of drug-likeness (QED) is 0.741. The Balaban J connectivity index is 2.63. The van der Waals surface area contributed by atoms with E-state index in [-0.39, 0.29) is 12.0 Å². The third kappa shape index (κ3) is 5.21. The molecule has 0 bridgehead atoms. The molecule has 0 heterocycles. The number of nitrogens with one attached hydrogen (secondary N) is 1. The fourth-order valence-electron chi connectivity index (χ4n) is 1.78. The molecule has 1 aromatic rings. The number of carbonyl (C=O) groups excluding carboxylic acids is 1. The van der Waals surface area contributed by atoms with Crippen LogP contribution in [-0.2, 0) is 9.47 Å². The topological polar surface area (TPSA) is 47.6 Å². The molecule has 0 spiro atoms. The number of methoxy groups -OCH3 is 1. The van der Waals surface area contributed by atoms with Crippen LogP contribution >= 0.6 is 0 Å². The molecule has 1 atom stereocenters. The molecule has 0 aliphatic rings. The van der Waals surface area contributed by atoms with Gasteiger partial charge in [0, 0.05) is 12.8 Å². The van der Waals surface area contributed by atoms with Crippen molar-refractivity contribution in [3.8, 4) is 0 Å². The van der Waals surface area contributed by atoms with Gasteiger partial charge in [0.25, 0.3) is 0 Å². The van der Waals surface area contributed by atoms with Crippen LogP contribution in [0.3, 0.4) is 0 Å². The minimum atomic E-state index is -0.268. The van der Waals surface area contributed by atoms with Crippen LogP contribution in [0.5, 0.6) is 0 Å². The molecule has 0 aromatic heterocycles. The van der Waals surface area contributed by atoms with Gasteiger partial charge < -0.3 is 14.8 Å². The number of rotatable bonds is 8. The lowest BCUT2D eigenvalue weighted by molar-refractivity contribution is 0.0505. The van der Waals surface area contributed by atoms with E-state index in [2.05, 4.69) is 19.2 Å². The lowest BCUT2D eigenvalue weighted by Crippen LogP contribution is -2.30. The first-order chi connectivity index (χ1) is 9.58. The number of anilines is 1. The highest BCUT2D eigenvalue weighted by Gasteiger charge is 2.13. The smallest absolute Gasteiger partial charge is 0.338 e. The molecule has 1 unspecified atom stereocenters. The minimum Gasteiger partial charge on any atom is -0.462 e. The lowest BCUT2D eigenvalue weighted by atomic mass is 10.0. The van der Waals surface area contributed by atoms with Gasteiger partial charge in [-0.3, -0.25) is 0 Å². The summed E-state index contributed by atoms with van der Waals surface area (Å²) in [6, 6.07) is 7.61. The molecule has 4 heteroatoms. The van der Waals surface area contributed by atoms with Crippen molar-refractivity contribution in [1.29, 1.82) is 0 Å². The maximum absolute atomic E-state index is 11.7. The van der Waals surface area contributed by atoms with Crippen molar-refractivity contribution in [3.63, 3.8) is 0 Å². The highest BCUT2D eigenvalue weighted by molar-refractivity contribution is 5.89. The Kier molecular flexibility index (Phi) is 7.09. The third-order valence-electron chi connectivity index (χ3n) is 3.06. The molecule has 0 fully saturated rings. The van der Waals surface area contributed by atoms with Crippen LogP contribution < -0.4 is 5.32 Å². The van der Waals surface area contributed by atoms with Gasteiger partial charge in [-0.25, -0.2) is 4.79 Å². The average molecular weight is 279 g/mol. The van der Waals surface area contributed by atoms with Crippen molar-refractivity contribution in [2.75, 3.05) is 25.6 Å². The van der Waals surface area contributed by atoms with Gasteiger partial charge in [0.1, 0.15) is 0 Å². The Morgan fingerprint density at radius 1 is 1.25 bits per heavy atom. The molecule has 0 aliphatic heterocycles. The summed E-state index contributed by atoms with van der Waals surface area (Å²) >= 11 is 0. The zero-order chi connectivity index (χ0) is 15.0. The summed E-state index contributed by atoms with van der Waals surface area (Å²) in [7, 11) is 1.70. The molecule has 0 saturated heterocycles. The number of hydrogen-bond acceptors (Lipinski definition) is 4. The van der Waals surface area contributed by atoms with Crippen LogP contribution in [0.15, 0.2) is 24.3 Å². The van der Waals surface area contributed by atoms with Gasteiger partial charge >= 0.3 is 5.97 Å². The summed E-state index contributed by atoms with van der Waals surface area (Å²) in [6.07, 6.45) is 0.832. The van der Waals surface area contributed by atoms with Gasteiger partial charge in [0.05, 0.1) is 24.8 Å². The monoisotopic (exact) mass is 279 g/mol. The predicted octanol–water partition coefficient (Wildman–Crippen LogP) is 3.34. The van der Waals surface area contributed by atoms with Crippen LogP contribution in [0, 0.1) is 5.92 Å². The highest BCUT2D eigenvalue weighted by Crippen LogP contribution is 2.15. The molecular weight excluding hydrogens is 254 g/mol. The van der Waals surface area contributed by atoms with Gasteiger partial charge in [-0.2, -0.15) is 0 Å². The molecule has 20 heavy (non-hydrogen) atoms. The van der Waals surface area contributed by atoms with Crippen molar-refractivity contribution in [3.05, 3.63) is 29.8 Å². The molecule has 1 aromatic carbocycles. The molecule has 0 saturated carbocycles. The zero-order valence-electron chi connectivity index (χ0n) is 12.8. The molecule has 4 nitrogen and oxygen atoms in total. The standard InChI is InChI=1S/C16H25NO3/c1-5-10-20-16(18)13-6-8-14(9-7-13)17-15(11-19-4)12(2)3/h6-9,12,15,17H,5,10-11H2,1-4H3. The lowest BCUT2D eigenvalue weighted by Gasteiger charge is -2.22. The number of carbonyl (C=O) groups is 1. The highest BCUT2D eigenvalue weighted by atomic mass is 16.5. The second-order valence-corrected chi connectivity index (χ2v) is 5.16. The van der Waals surface area contributed by atoms with Crippen molar-refractivity contribution in [2.24, 2.45) is 5.92 Å². The van der Waals surface area contributed by atoms with Crippen molar-refractivity contribution in [1.82, 2.24) is 0 Å². The van der Waals surface area contributed by atoms with Crippen LogP contribution in [0.2, 0.25) is 0 Å². The molecule has 0 amide bonds. The maximum Gasteiger partial charge on any atom is 0.338 e. The summed E-state index contributed by atoms with van der Waals surface area (Å²) < 4.78 is 10.3. The Hall–Kier alpha value is -1.55. The first kappa shape index (κ1) is 16.5. The molecule has 112 valence electrons. The molecule has 1 rings (SSSR count). The molecular formula is C16H25NO3. The van der Waals surface area contributed by atoms with Gasteiger partial charge in [0.2, 0.25) is 0 Å². The van der Waals surface area contributed by atoms with E-state index >= 15 is 0 Å². The van der Waals surface area contributed by atoms with Crippen molar-refractivity contribution in [2.45, 2.75) is 33.2 Å². The maximum atomic E-state index is 11.7. The number of esters is 1. The van der Waals surface area contributed by atoms with E-state index in [9.17, 15) is 4.79 Å². The van der Waals surface area contributed by atoms with Crippen molar-refractivity contribution < 1.29 is 14.3 Å². The third-order valence-corrected chi connectivity index (χ3v) is 3.06. The van der Waals surface area contributed by atoms with Gasteiger partial charge in [-0.1, -0.05) is 20.8 Å². The number of benzene rings is 1. The molecule has 0 aliphatic carbocycles. The Labute approximate surface area is 121 Å². The summed E-state index contributed by atoms with van der Waals surface area (Å²) in [5.74, 6) is 0.194. The molecule has 0 radical (unpaired) electrons. The van der Waals surface area contributed by atoms with Crippen LogP contribution in [-0.4, -0.2) is 32.3 Å². The SMILES string of the molecule is CCCOC(=O)c1ccc(NC(COC)C(C)C)cc1. The fraction of sp³-hybridized carbons (Fsp3) is 0.562. The Morgan fingerprint density at radius 3 is 2.40 bits per heavy atom. The Morgan fingerprint density at radius 2 is 1.90 bits per heavy atom. The van der Waals surface area contributed by atoms with Gasteiger partial charge in [-0.15, -0.1) is 0 Å². The average Bonchev–Trinajstić information content (AvgIpc) is 2.45. The number of hydrogen-bond donors (Lipinski definition) is 1. The van der Waals surface area contributed by atoms with E-state index in [4.69, 9.17) is 9.47 Å². The largest absolute Gasteiger partial charge is 0.462 e. The van der Waals surface area contributed by atoms with Gasteiger partial charge in [-0.05, 0) is 36.6 Å². The summed E-state index contributed by atoms with van der Waals surface area (Å²) in [5, 5.41) is 3.41. The number of ether oxygens (including phenoxy) is 2. The van der Waals surface area contributed by atoms with Crippen LogP contribution in [0.4, 0.5) is 5.69 Å². The normalized spacial score (nSPS) is 12.2. The van der Waals surface area contributed by atoms with E-state index in [0.29, 0.717) is 24.7 Å². The minimum absolute atomic E-state index is 0.248. The predicted molar refractivity (Wildman–Crippen MR) is 81.1 cm³/mol. The van der Waals surface area contributed by atoms with E-state index in [1.54, 1.807) is 19.2 Å². The molecule has 1 N–H and O–H groups in total. The van der Waals surface area contributed by atoms with Crippen molar-refractivity contribution >= 4 is 11.7 Å². The first-order valence-corrected chi connectivity index (χ1v) is 7.11. The first-order valence-electron chi connectivity index (χ1n) is 7.11. The second kappa shape index (κ2) is 8.59. The summed E-state index contributed by atoms with van der Waals surface area (Å²) in [6.45, 7) is 7.38. The van der Waals surface area contributed by atoms with Crippen LogP contribution in [0.25, 0.3) is 0 Å². The van der Waals surface area contributed by atoms with Crippen LogP contribution in [0.1, 0.15) is 37.6 Å².